The average Bonchev–Trinajstić information content (AvgIpc) is 3.36. The SMILES string of the molecule is Cc1csc(C(C)(C)NC(=O)c2cnc(N(C)CC(C)(F)F)c(OCC3CC3)n2)n1. The van der Waals surface area contributed by atoms with Crippen LogP contribution in [0.1, 0.15) is 54.8 Å². The zero-order valence-corrected chi connectivity index (χ0v) is 18.6. The number of thiazole rings is 1. The molecule has 1 aliphatic carbocycles. The number of nitrogens with one attached hydrogen (secondary N) is 1. The van der Waals surface area contributed by atoms with Crippen LogP contribution in [0.15, 0.2) is 11.6 Å². The summed E-state index contributed by atoms with van der Waals surface area (Å²) in [6.45, 7) is 6.32. The minimum Gasteiger partial charge on any atom is -0.475 e. The third-order valence-electron chi connectivity index (χ3n) is 4.56. The summed E-state index contributed by atoms with van der Waals surface area (Å²) in [4.78, 5) is 27.1. The Labute approximate surface area is 178 Å². The van der Waals surface area contributed by atoms with Crippen LogP contribution < -0.4 is 15.0 Å². The zero-order chi connectivity index (χ0) is 22.1. The molecular formula is C20H27F2N5O2S. The van der Waals surface area contributed by atoms with Crippen LogP contribution in [0.5, 0.6) is 5.88 Å². The van der Waals surface area contributed by atoms with Gasteiger partial charge in [-0.15, -0.1) is 11.3 Å². The van der Waals surface area contributed by atoms with Gasteiger partial charge in [0.1, 0.15) is 5.01 Å². The first-order chi connectivity index (χ1) is 13.9. The quantitative estimate of drug-likeness (QED) is 0.640. The number of ether oxygens (including phenoxy) is 1. The molecule has 0 atom stereocenters. The molecular weight excluding hydrogens is 412 g/mol. The largest absolute Gasteiger partial charge is 0.475 e. The number of alkyl halides is 2. The van der Waals surface area contributed by atoms with Crippen molar-refractivity contribution in [2.75, 3.05) is 25.1 Å². The lowest BCUT2D eigenvalue weighted by Crippen LogP contribution is -2.41. The van der Waals surface area contributed by atoms with E-state index >= 15 is 0 Å². The molecule has 0 aromatic carbocycles. The van der Waals surface area contributed by atoms with Gasteiger partial charge in [0, 0.05) is 25.0 Å². The lowest BCUT2D eigenvalue weighted by molar-refractivity contribution is 0.0308. The molecule has 3 rings (SSSR count). The summed E-state index contributed by atoms with van der Waals surface area (Å²) in [6, 6.07) is 0. The zero-order valence-electron chi connectivity index (χ0n) is 17.8. The molecule has 0 radical (unpaired) electrons. The van der Waals surface area contributed by atoms with Crippen molar-refractivity contribution in [3.63, 3.8) is 0 Å². The van der Waals surface area contributed by atoms with Gasteiger partial charge in [-0.3, -0.25) is 4.79 Å². The highest BCUT2D eigenvalue weighted by atomic mass is 32.1. The summed E-state index contributed by atoms with van der Waals surface area (Å²) in [7, 11) is 1.50. The van der Waals surface area contributed by atoms with Crippen molar-refractivity contribution in [1.82, 2.24) is 20.3 Å². The van der Waals surface area contributed by atoms with Gasteiger partial charge in [-0.05, 0) is 39.5 Å². The number of rotatable bonds is 9. The van der Waals surface area contributed by atoms with Gasteiger partial charge in [0.15, 0.2) is 11.5 Å². The monoisotopic (exact) mass is 439 g/mol. The van der Waals surface area contributed by atoms with E-state index in [1.54, 1.807) is 0 Å². The van der Waals surface area contributed by atoms with Crippen molar-refractivity contribution in [3.8, 4) is 5.88 Å². The summed E-state index contributed by atoms with van der Waals surface area (Å²) in [5, 5.41) is 5.60. The highest BCUT2D eigenvalue weighted by Crippen LogP contribution is 2.32. The van der Waals surface area contributed by atoms with E-state index in [0.29, 0.717) is 12.5 Å². The van der Waals surface area contributed by atoms with Crippen LogP contribution in [0.3, 0.4) is 0 Å². The van der Waals surface area contributed by atoms with E-state index in [0.717, 1.165) is 30.5 Å². The second-order valence-electron chi connectivity index (χ2n) is 8.44. The third kappa shape index (κ3) is 5.84. The normalized spacial score (nSPS) is 14.5. The standard InChI is InChI=1S/C20H27F2N5O2S/c1-12-10-30-18(24-12)19(2,3)26-16(28)14-8-23-15(27(5)11-20(4,21)22)17(25-14)29-9-13-6-7-13/h8,10,13H,6-7,9,11H2,1-5H3,(H,26,28). The number of halogens is 2. The maximum Gasteiger partial charge on any atom is 0.272 e. The molecule has 164 valence electrons. The van der Waals surface area contributed by atoms with E-state index in [1.807, 2.05) is 26.2 Å². The minimum absolute atomic E-state index is 0.0579. The van der Waals surface area contributed by atoms with Crippen LogP contribution in [0.25, 0.3) is 0 Å². The van der Waals surface area contributed by atoms with Gasteiger partial charge in [-0.25, -0.2) is 23.7 Å². The van der Waals surface area contributed by atoms with E-state index in [1.165, 1.54) is 29.5 Å². The molecule has 30 heavy (non-hydrogen) atoms. The van der Waals surface area contributed by atoms with E-state index < -0.39 is 23.9 Å². The van der Waals surface area contributed by atoms with Crippen LogP contribution in [0.2, 0.25) is 0 Å². The maximum absolute atomic E-state index is 13.5. The molecule has 0 saturated heterocycles. The molecule has 2 aromatic rings. The topological polar surface area (TPSA) is 80.2 Å². The minimum atomic E-state index is -2.91. The van der Waals surface area contributed by atoms with Gasteiger partial charge in [0.25, 0.3) is 17.7 Å². The highest BCUT2D eigenvalue weighted by Gasteiger charge is 2.30. The van der Waals surface area contributed by atoms with Crippen molar-refractivity contribution in [1.29, 1.82) is 0 Å². The van der Waals surface area contributed by atoms with Crippen LogP contribution >= 0.6 is 11.3 Å². The molecule has 0 spiro atoms. The van der Waals surface area contributed by atoms with Crippen molar-refractivity contribution < 1.29 is 18.3 Å². The first-order valence-corrected chi connectivity index (χ1v) is 10.7. The molecule has 1 aliphatic rings. The molecule has 1 amide bonds. The Bertz CT molecular complexity index is 909. The van der Waals surface area contributed by atoms with Crippen LogP contribution in [0, 0.1) is 12.8 Å². The molecule has 1 fully saturated rings. The first-order valence-electron chi connectivity index (χ1n) is 9.78. The second-order valence-corrected chi connectivity index (χ2v) is 9.30. The van der Waals surface area contributed by atoms with Gasteiger partial charge in [-0.1, -0.05) is 0 Å². The molecule has 1 N–H and O–H groups in total. The Balaban J connectivity index is 1.81. The first kappa shape index (κ1) is 22.3. The van der Waals surface area contributed by atoms with E-state index in [4.69, 9.17) is 4.74 Å². The number of carbonyl (C=O) groups is 1. The van der Waals surface area contributed by atoms with Gasteiger partial charge in [0.2, 0.25) is 0 Å². The van der Waals surface area contributed by atoms with Crippen molar-refractivity contribution in [3.05, 3.63) is 28.0 Å². The van der Waals surface area contributed by atoms with E-state index in [-0.39, 0.29) is 17.4 Å². The van der Waals surface area contributed by atoms with Gasteiger partial charge >= 0.3 is 0 Å². The summed E-state index contributed by atoms with van der Waals surface area (Å²) in [5.41, 5.74) is 0.238. The van der Waals surface area contributed by atoms with Crippen molar-refractivity contribution in [2.24, 2.45) is 5.92 Å². The lowest BCUT2D eigenvalue weighted by Gasteiger charge is -2.25. The van der Waals surface area contributed by atoms with Gasteiger partial charge < -0.3 is 15.0 Å². The molecule has 10 heteroatoms. The van der Waals surface area contributed by atoms with Crippen molar-refractivity contribution >= 4 is 23.1 Å². The lowest BCUT2D eigenvalue weighted by atomic mass is 10.1. The summed E-state index contributed by atoms with van der Waals surface area (Å²) >= 11 is 1.46. The number of nitrogens with zero attached hydrogens (tertiary/aromatic N) is 4. The maximum atomic E-state index is 13.5. The molecule has 2 heterocycles. The fraction of sp³-hybridized carbons (Fsp3) is 0.600. The summed E-state index contributed by atoms with van der Waals surface area (Å²) < 4.78 is 32.7. The number of aryl methyl sites for hydroxylation is 1. The average molecular weight is 440 g/mol. The number of carbonyl (C=O) groups excluding carboxylic acids is 1. The number of amides is 1. The molecule has 7 nitrogen and oxygen atoms in total. The van der Waals surface area contributed by atoms with Crippen molar-refractivity contribution in [2.45, 2.75) is 52.0 Å². The molecule has 2 aromatic heterocycles. The Morgan fingerprint density at radius 2 is 2.03 bits per heavy atom. The summed E-state index contributed by atoms with van der Waals surface area (Å²) in [6.07, 6.45) is 3.41. The molecule has 0 unspecified atom stereocenters. The van der Waals surface area contributed by atoms with Crippen LogP contribution in [-0.4, -0.2) is 47.0 Å². The van der Waals surface area contributed by atoms with E-state index in [2.05, 4.69) is 20.3 Å². The Kier molecular flexibility index (Phi) is 6.26. The number of anilines is 1. The molecule has 0 bridgehead atoms. The second kappa shape index (κ2) is 8.41. The van der Waals surface area contributed by atoms with Gasteiger partial charge in [0.05, 0.1) is 24.9 Å². The predicted molar refractivity (Wildman–Crippen MR) is 111 cm³/mol. The highest BCUT2D eigenvalue weighted by molar-refractivity contribution is 7.09. The Morgan fingerprint density at radius 3 is 2.60 bits per heavy atom. The van der Waals surface area contributed by atoms with Crippen LogP contribution in [0.4, 0.5) is 14.6 Å². The number of aromatic nitrogens is 3. The van der Waals surface area contributed by atoms with E-state index in [9.17, 15) is 13.6 Å². The fourth-order valence-corrected chi connectivity index (χ4v) is 3.73. The smallest absolute Gasteiger partial charge is 0.272 e. The fourth-order valence-electron chi connectivity index (χ4n) is 2.85. The summed E-state index contributed by atoms with van der Waals surface area (Å²) in [5.74, 6) is -2.64. The Hall–Kier alpha value is -2.36. The molecule has 1 saturated carbocycles. The van der Waals surface area contributed by atoms with Crippen LogP contribution in [-0.2, 0) is 5.54 Å². The number of hydrogen-bond acceptors (Lipinski definition) is 7. The molecule has 0 aliphatic heterocycles. The third-order valence-corrected chi connectivity index (χ3v) is 5.85. The van der Waals surface area contributed by atoms with Gasteiger partial charge in [-0.2, -0.15) is 0 Å². The Morgan fingerprint density at radius 1 is 1.33 bits per heavy atom. The predicted octanol–water partition coefficient (Wildman–Crippen LogP) is 3.79. The number of hydrogen-bond donors (Lipinski definition) is 1.